The number of carboxylic acids is 1. The molecule has 1 aromatic rings. The summed E-state index contributed by atoms with van der Waals surface area (Å²) in [7, 11) is 0. The molecule has 1 aromatic carbocycles. The van der Waals surface area contributed by atoms with Crippen molar-refractivity contribution >= 4 is 23.7 Å². The predicted octanol–water partition coefficient (Wildman–Crippen LogP) is 2.31. The van der Waals surface area contributed by atoms with Gasteiger partial charge < -0.3 is 10.4 Å². The summed E-state index contributed by atoms with van der Waals surface area (Å²) in [5.41, 5.74) is 0.766. The lowest BCUT2D eigenvalue weighted by atomic mass is 10.0. The number of nitrogens with one attached hydrogen (secondary N) is 1. The average Bonchev–Trinajstić information content (AvgIpc) is 2.86. The number of rotatable bonds is 9. The van der Waals surface area contributed by atoms with Gasteiger partial charge in [-0.1, -0.05) is 26.7 Å². The number of aliphatic carboxylic acids is 1. The van der Waals surface area contributed by atoms with Crippen LogP contribution < -0.4 is 5.32 Å². The highest BCUT2D eigenvalue weighted by molar-refractivity contribution is 6.22. The fraction of sp³-hybridized carbons (Fsp3) is 0.474. The lowest BCUT2D eigenvalue weighted by molar-refractivity contribution is -0.141. The fourth-order valence-electron chi connectivity index (χ4n) is 2.93. The van der Waals surface area contributed by atoms with Crippen LogP contribution in [-0.4, -0.2) is 46.8 Å². The minimum atomic E-state index is -0.951. The number of imide groups is 1. The van der Waals surface area contributed by atoms with Crippen LogP contribution in [0.1, 0.15) is 70.6 Å². The highest BCUT2D eigenvalue weighted by Gasteiger charge is 2.35. The highest BCUT2D eigenvalue weighted by atomic mass is 16.4. The second-order valence-electron chi connectivity index (χ2n) is 6.41. The summed E-state index contributed by atoms with van der Waals surface area (Å²) in [4.78, 5) is 49.4. The number of hydrogen-bond donors (Lipinski definition) is 2. The van der Waals surface area contributed by atoms with Gasteiger partial charge in [-0.15, -0.1) is 0 Å². The first kappa shape index (κ1) is 19.6. The smallest absolute Gasteiger partial charge is 0.308 e. The van der Waals surface area contributed by atoms with E-state index in [-0.39, 0.29) is 29.5 Å². The van der Waals surface area contributed by atoms with Crippen molar-refractivity contribution in [2.45, 2.75) is 39.5 Å². The topological polar surface area (TPSA) is 104 Å². The van der Waals surface area contributed by atoms with Gasteiger partial charge in [0, 0.05) is 18.7 Å². The molecule has 1 atom stereocenters. The molecule has 1 unspecified atom stereocenters. The summed E-state index contributed by atoms with van der Waals surface area (Å²) in [5.74, 6) is -2.77. The maximum Gasteiger partial charge on any atom is 0.308 e. The number of carbonyl (C=O) groups is 4. The molecule has 0 saturated heterocycles. The number of fused-ring (bicyclic) bond motifs is 1. The van der Waals surface area contributed by atoms with Crippen molar-refractivity contribution in [1.82, 2.24) is 10.2 Å². The lowest BCUT2D eigenvalue weighted by Gasteiger charge is -2.12. The molecule has 0 fully saturated rings. The molecule has 0 radical (unpaired) electrons. The largest absolute Gasteiger partial charge is 0.481 e. The Hall–Kier alpha value is -2.70. The van der Waals surface area contributed by atoms with Gasteiger partial charge in [0.25, 0.3) is 17.7 Å². The number of amides is 3. The van der Waals surface area contributed by atoms with E-state index in [0.717, 1.165) is 12.8 Å². The molecule has 1 heterocycles. The first-order valence-electron chi connectivity index (χ1n) is 8.91. The maximum atomic E-state index is 12.4. The van der Waals surface area contributed by atoms with Crippen LogP contribution in [0.3, 0.4) is 0 Å². The quantitative estimate of drug-likeness (QED) is 0.658. The van der Waals surface area contributed by atoms with Gasteiger partial charge in [0.05, 0.1) is 17.0 Å². The summed E-state index contributed by atoms with van der Waals surface area (Å²) >= 11 is 0. The van der Waals surface area contributed by atoms with Crippen LogP contribution in [0.25, 0.3) is 0 Å². The van der Waals surface area contributed by atoms with E-state index >= 15 is 0 Å². The van der Waals surface area contributed by atoms with Crippen molar-refractivity contribution in [1.29, 1.82) is 0 Å². The van der Waals surface area contributed by atoms with E-state index in [1.165, 1.54) is 23.1 Å². The first-order chi connectivity index (χ1) is 12.4. The minimum Gasteiger partial charge on any atom is -0.481 e. The molecule has 0 spiro atoms. The number of nitrogens with zero attached hydrogens (tertiary/aromatic N) is 1. The van der Waals surface area contributed by atoms with E-state index in [9.17, 15) is 19.2 Å². The lowest BCUT2D eigenvalue weighted by Crippen LogP contribution is -2.33. The fourth-order valence-corrected chi connectivity index (χ4v) is 2.93. The summed E-state index contributed by atoms with van der Waals surface area (Å²) in [6, 6.07) is 4.38. The Bertz CT molecular complexity index is 729. The van der Waals surface area contributed by atoms with Gasteiger partial charge in [-0.2, -0.15) is 0 Å². The first-order valence-corrected chi connectivity index (χ1v) is 8.91. The third kappa shape index (κ3) is 4.09. The van der Waals surface area contributed by atoms with Crippen molar-refractivity contribution < 1.29 is 24.3 Å². The summed E-state index contributed by atoms with van der Waals surface area (Å²) in [6.45, 7) is 4.24. The van der Waals surface area contributed by atoms with Crippen LogP contribution in [0.4, 0.5) is 0 Å². The third-order valence-corrected chi connectivity index (χ3v) is 4.46. The van der Waals surface area contributed by atoms with E-state index in [0.29, 0.717) is 24.9 Å². The molecule has 2 rings (SSSR count). The average molecular weight is 360 g/mol. The standard InChI is InChI=1S/C19H24N2O5/c1-3-5-9-21-17(23)14-8-7-12(10-15(14)18(21)24)16(22)20-11-13(6-4-2)19(25)26/h7-8,10,13H,3-6,9,11H2,1-2H3,(H,20,22)(H,25,26). The molecule has 140 valence electrons. The van der Waals surface area contributed by atoms with Crippen molar-refractivity contribution in [2.24, 2.45) is 5.92 Å². The zero-order valence-corrected chi connectivity index (χ0v) is 15.1. The molecule has 0 saturated carbocycles. The van der Waals surface area contributed by atoms with Gasteiger partial charge in [0.2, 0.25) is 0 Å². The monoisotopic (exact) mass is 360 g/mol. The number of hydrogen-bond acceptors (Lipinski definition) is 4. The summed E-state index contributed by atoms with van der Waals surface area (Å²) in [6.07, 6.45) is 2.77. The summed E-state index contributed by atoms with van der Waals surface area (Å²) in [5, 5.41) is 11.7. The van der Waals surface area contributed by atoms with Crippen LogP contribution in [0.2, 0.25) is 0 Å². The molecule has 1 aliphatic rings. The Morgan fingerprint density at radius 3 is 2.42 bits per heavy atom. The molecule has 0 bridgehead atoms. The molecule has 0 aromatic heterocycles. The maximum absolute atomic E-state index is 12.4. The van der Waals surface area contributed by atoms with Gasteiger partial charge in [-0.25, -0.2) is 0 Å². The molecule has 26 heavy (non-hydrogen) atoms. The summed E-state index contributed by atoms with van der Waals surface area (Å²) < 4.78 is 0. The molecule has 2 N–H and O–H groups in total. The Morgan fingerprint density at radius 1 is 1.12 bits per heavy atom. The SMILES string of the molecule is CCCCN1C(=O)c2ccc(C(=O)NCC(CCC)C(=O)O)cc2C1=O. The normalized spacial score (nSPS) is 14.3. The number of unbranched alkanes of at least 4 members (excludes halogenated alkanes) is 1. The third-order valence-electron chi connectivity index (χ3n) is 4.46. The Kier molecular flexibility index (Phi) is 6.49. The van der Waals surface area contributed by atoms with Gasteiger partial charge in [-0.05, 0) is 31.0 Å². The zero-order valence-electron chi connectivity index (χ0n) is 15.1. The second-order valence-corrected chi connectivity index (χ2v) is 6.41. The van der Waals surface area contributed by atoms with Crippen molar-refractivity contribution in [3.05, 3.63) is 34.9 Å². The molecule has 7 heteroatoms. The molecule has 7 nitrogen and oxygen atoms in total. The van der Waals surface area contributed by atoms with E-state index in [1.807, 2.05) is 13.8 Å². The number of benzene rings is 1. The van der Waals surface area contributed by atoms with E-state index in [4.69, 9.17) is 5.11 Å². The highest BCUT2D eigenvalue weighted by Crippen LogP contribution is 2.24. The van der Waals surface area contributed by atoms with E-state index < -0.39 is 17.8 Å². The molecular formula is C19H24N2O5. The van der Waals surface area contributed by atoms with Crippen LogP contribution in [0.5, 0.6) is 0 Å². The minimum absolute atomic E-state index is 0.0224. The van der Waals surface area contributed by atoms with Gasteiger partial charge in [-0.3, -0.25) is 24.1 Å². The Labute approximate surface area is 152 Å². The van der Waals surface area contributed by atoms with Gasteiger partial charge in [0.1, 0.15) is 0 Å². The predicted molar refractivity (Wildman–Crippen MR) is 95.1 cm³/mol. The van der Waals surface area contributed by atoms with Crippen molar-refractivity contribution in [3.63, 3.8) is 0 Å². The zero-order chi connectivity index (χ0) is 19.3. The molecule has 0 aliphatic carbocycles. The second kappa shape index (κ2) is 8.60. The number of carboxylic acid groups (broad SMARTS) is 1. The van der Waals surface area contributed by atoms with Crippen LogP contribution in [0.15, 0.2) is 18.2 Å². The molecule has 3 amide bonds. The number of carbonyl (C=O) groups excluding carboxylic acids is 3. The van der Waals surface area contributed by atoms with E-state index in [2.05, 4.69) is 5.32 Å². The van der Waals surface area contributed by atoms with E-state index in [1.54, 1.807) is 0 Å². The van der Waals surface area contributed by atoms with Gasteiger partial charge in [0.15, 0.2) is 0 Å². The van der Waals surface area contributed by atoms with Crippen molar-refractivity contribution in [2.75, 3.05) is 13.1 Å². The van der Waals surface area contributed by atoms with Crippen molar-refractivity contribution in [3.8, 4) is 0 Å². The van der Waals surface area contributed by atoms with Gasteiger partial charge >= 0.3 is 5.97 Å². The molecular weight excluding hydrogens is 336 g/mol. The Morgan fingerprint density at radius 2 is 1.81 bits per heavy atom. The Balaban J connectivity index is 2.11. The van der Waals surface area contributed by atoms with Crippen LogP contribution in [0, 0.1) is 5.92 Å². The molecule has 1 aliphatic heterocycles. The van der Waals surface area contributed by atoms with Crippen LogP contribution >= 0.6 is 0 Å². The van der Waals surface area contributed by atoms with Crippen LogP contribution in [-0.2, 0) is 4.79 Å².